The van der Waals surface area contributed by atoms with Crippen LogP contribution in [-0.2, 0) is 17.7 Å². The molecule has 3 aromatic rings. The monoisotopic (exact) mass is 425 g/mol. The van der Waals surface area contributed by atoms with Crippen molar-refractivity contribution >= 4 is 17.0 Å². The maximum absolute atomic E-state index is 5.48. The van der Waals surface area contributed by atoms with Crippen LogP contribution in [0.2, 0.25) is 0 Å². The van der Waals surface area contributed by atoms with E-state index in [0.717, 1.165) is 55.2 Å². The molecule has 1 aromatic carbocycles. The summed E-state index contributed by atoms with van der Waals surface area (Å²) in [7, 11) is 0. The lowest BCUT2D eigenvalue weighted by atomic mass is 10.0. The molecule has 3 heterocycles. The molecule has 2 aromatic heterocycles. The van der Waals surface area contributed by atoms with Gasteiger partial charge in [-0.2, -0.15) is 0 Å². The zero-order valence-corrected chi connectivity index (χ0v) is 18.3. The summed E-state index contributed by atoms with van der Waals surface area (Å²) in [5, 5.41) is 3.32. The fourth-order valence-corrected chi connectivity index (χ4v) is 4.07. The van der Waals surface area contributed by atoms with Gasteiger partial charge in [0.25, 0.3) is 0 Å². The maximum atomic E-state index is 5.48. The number of allylic oxidation sites excluding steroid dienone is 1. The Balaban J connectivity index is 1.28. The molecule has 32 heavy (non-hydrogen) atoms. The number of nitrogens with one attached hydrogen (secondary N) is 1. The highest BCUT2D eigenvalue weighted by Crippen LogP contribution is 2.33. The number of morpholine rings is 1. The predicted octanol–water partition coefficient (Wildman–Crippen LogP) is 3.76. The zero-order chi connectivity index (χ0) is 21.9. The number of aryl methyl sites for hydroxylation is 1. The van der Waals surface area contributed by atoms with Crippen LogP contribution in [0.1, 0.15) is 33.8 Å². The molecule has 0 bridgehead atoms. The van der Waals surface area contributed by atoms with Crippen molar-refractivity contribution in [1.82, 2.24) is 20.3 Å². The van der Waals surface area contributed by atoms with Crippen LogP contribution in [0.25, 0.3) is 11.3 Å². The zero-order valence-electron chi connectivity index (χ0n) is 18.3. The number of pyridine rings is 1. The number of nitrogens with zero attached hydrogens (tertiary/aromatic N) is 4. The third-order valence-corrected chi connectivity index (χ3v) is 5.98. The van der Waals surface area contributed by atoms with Crippen LogP contribution in [0.15, 0.2) is 61.6 Å². The first-order valence-electron chi connectivity index (χ1n) is 11.0. The van der Waals surface area contributed by atoms with Crippen LogP contribution >= 0.6 is 0 Å². The first kappa shape index (κ1) is 20.4. The van der Waals surface area contributed by atoms with E-state index in [-0.39, 0.29) is 0 Å². The Morgan fingerprint density at radius 2 is 1.81 bits per heavy atom. The number of ether oxygens (including phenoxy) is 1. The first-order valence-corrected chi connectivity index (χ1v) is 11.0. The van der Waals surface area contributed by atoms with Crippen molar-refractivity contribution in [1.29, 1.82) is 0 Å². The van der Waals surface area contributed by atoms with E-state index in [4.69, 9.17) is 9.72 Å². The normalized spacial score (nSPS) is 15.3. The third kappa shape index (κ3) is 4.27. The average molecular weight is 426 g/mol. The number of anilines is 1. The van der Waals surface area contributed by atoms with Crippen molar-refractivity contribution in [3.8, 4) is 0 Å². The minimum absolute atomic E-state index is 0.611. The molecule has 1 fully saturated rings. The summed E-state index contributed by atoms with van der Waals surface area (Å²) in [6, 6.07) is 10.7. The van der Waals surface area contributed by atoms with Gasteiger partial charge in [0.15, 0.2) is 5.82 Å². The molecule has 0 saturated carbocycles. The highest BCUT2D eigenvalue weighted by atomic mass is 16.5. The smallest absolute Gasteiger partial charge is 0.174 e. The molecular weight excluding hydrogens is 398 g/mol. The molecule has 1 N–H and O–H groups in total. The molecule has 0 radical (unpaired) electrons. The molecule has 1 saturated heterocycles. The summed E-state index contributed by atoms with van der Waals surface area (Å²) < 4.78 is 5.48. The number of benzene rings is 1. The lowest BCUT2D eigenvalue weighted by Crippen LogP contribution is -2.36. The molecular formula is C26H27N5O. The lowest BCUT2D eigenvalue weighted by molar-refractivity contribution is 0.122. The SMILES string of the molecule is C=C(NCc1ccc(C)cc1)c1ncc(C2=CCc3ncc(N4CCOCC4)cc32)cn1. The van der Waals surface area contributed by atoms with Crippen LogP contribution in [0.3, 0.4) is 0 Å². The average Bonchev–Trinajstić information content (AvgIpc) is 3.27. The molecule has 5 rings (SSSR count). The van der Waals surface area contributed by atoms with Gasteiger partial charge in [-0.15, -0.1) is 0 Å². The molecule has 1 aliphatic heterocycles. The standard InChI is InChI=1S/C26H27N5O/c1-18-3-5-20(6-4-18)14-27-19(2)26-29-15-21(16-30-26)23-7-8-25-24(23)13-22(17-28-25)31-9-11-32-12-10-31/h3-7,13,15-17,27H,2,8-12,14H2,1H3. The quantitative estimate of drug-likeness (QED) is 0.649. The molecule has 2 aliphatic rings. The lowest BCUT2D eigenvalue weighted by Gasteiger charge is -2.29. The van der Waals surface area contributed by atoms with Crippen LogP contribution in [0, 0.1) is 6.92 Å². The van der Waals surface area contributed by atoms with Gasteiger partial charge in [0.05, 0.1) is 36.5 Å². The van der Waals surface area contributed by atoms with Crippen LogP contribution in [0.5, 0.6) is 0 Å². The molecule has 0 amide bonds. The summed E-state index contributed by atoms with van der Waals surface area (Å²) in [5.74, 6) is 0.611. The van der Waals surface area contributed by atoms with Crippen molar-refractivity contribution in [2.45, 2.75) is 19.9 Å². The number of hydrogen-bond donors (Lipinski definition) is 1. The van der Waals surface area contributed by atoms with Crippen molar-refractivity contribution in [2.24, 2.45) is 0 Å². The molecule has 6 nitrogen and oxygen atoms in total. The van der Waals surface area contributed by atoms with Gasteiger partial charge in [0.1, 0.15) is 0 Å². The van der Waals surface area contributed by atoms with E-state index >= 15 is 0 Å². The maximum Gasteiger partial charge on any atom is 0.174 e. The van der Waals surface area contributed by atoms with E-state index in [1.54, 1.807) is 0 Å². The van der Waals surface area contributed by atoms with Crippen LogP contribution in [0.4, 0.5) is 5.69 Å². The number of fused-ring (bicyclic) bond motifs is 1. The second-order valence-corrected chi connectivity index (χ2v) is 8.22. The Morgan fingerprint density at radius 1 is 1.06 bits per heavy atom. The van der Waals surface area contributed by atoms with Crippen molar-refractivity contribution in [3.05, 3.63) is 95.3 Å². The molecule has 6 heteroatoms. The minimum atomic E-state index is 0.611. The molecule has 0 atom stereocenters. The molecule has 0 spiro atoms. The Morgan fingerprint density at radius 3 is 2.56 bits per heavy atom. The van der Waals surface area contributed by atoms with E-state index in [1.165, 1.54) is 16.7 Å². The van der Waals surface area contributed by atoms with Gasteiger partial charge < -0.3 is 15.0 Å². The van der Waals surface area contributed by atoms with Gasteiger partial charge in [-0.25, -0.2) is 9.97 Å². The van der Waals surface area contributed by atoms with Crippen molar-refractivity contribution < 1.29 is 4.74 Å². The Labute approximate surface area is 188 Å². The number of hydrogen-bond acceptors (Lipinski definition) is 6. The largest absolute Gasteiger partial charge is 0.378 e. The summed E-state index contributed by atoms with van der Waals surface area (Å²) in [6.07, 6.45) is 8.78. The summed E-state index contributed by atoms with van der Waals surface area (Å²) in [5.41, 5.74) is 8.73. The summed E-state index contributed by atoms with van der Waals surface area (Å²) in [4.78, 5) is 16.2. The Bertz CT molecular complexity index is 1150. The topological polar surface area (TPSA) is 63.2 Å². The Hall–Kier alpha value is -3.51. The minimum Gasteiger partial charge on any atom is -0.378 e. The van der Waals surface area contributed by atoms with E-state index in [9.17, 15) is 0 Å². The Kier molecular flexibility index (Phi) is 5.69. The second-order valence-electron chi connectivity index (χ2n) is 8.22. The van der Waals surface area contributed by atoms with Crippen LogP contribution in [-0.4, -0.2) is 41.3 Å². The van der Waals surface area contributed by atoms with E-state index in [2.05, 4.69) is 70.1 Å². The fraction of sp³-hybridized carbons (Fsp3) is 0.269. The highest BCUT2D eigenvalue weighted by Gasteiger charge is 2.20. The number of aromatic nitrogens is 3. The van der Waals surface area contributed by atoms with Gasteiger partial charge in [0, 0.05) is 49.6 Å². The molecule has 0 unspecified atom stereocenters. The first-order chi connectivity index (χ1) is 15.7. The summed E-state index contributed by atoms with van der Waals surface area (Å²) in [6.45, 7) is 10.2. The van der Waals surface area contributed by atoms with Gasteiger partial charge in [-0.1, -0.05) is 42.5 Å². The second kappa shape index (κ2) is 8.93. The number of rotatable bonds is 6. The predicted molar refractivity (Wildman–Crippen MR) is 127 cm³/mol. The van der Waals surface area contributed by atoms with Crippen molar-refractivity contribution in [3.63, 3.8) is 0 Å². The van der Waals surface area contributed by atoms with Gasteiger partial charge in [-0.3, -0.25) is 4.98 Å². The molecule has 162 valence electrons. The third-order valence-electron chi connectivity index (χ3n) is 5.98. The molecule has 1 aliphatic carbocycles. The fourth-order valence-electron chi connectivity index (χ4n) is 4.07. The van der Waals surface area contributed by atoms with Crippen LogP contribution < -0.4 is 10.2 Å². The van der Waals surface area contributed by atoms with E-state index in [1.807, 2.05) is 18.6 Å². The van der Waals surface area contributed by atoms with Gasteiger partial charge >= 0.3 is 0 Å². The van der Waals surface area contributed by atoms with Gasteiger partial charge in [-0.05, 0) is 24.1 Å². The van der Waals surface area contributed by atoms with Gasteiger partial charge in [0.2, 0.25) is 0 Å². The van der Waals surface area contributed by atoms with Crippen molar-refractivity contribution in [2.75, 3.05) is 31.2 Å². The van der Waals surface area contributed by atoms with E-state index < -0.39 is 0 Å². The highest BCUT2D eigenvalue weighted by molar-refractivity contribution is 5.84. The van der Waals surface area contributed by atoms with E-state index in [0.29, 0.717) is 18.1 Å². The summed E-state index contributed by atoms with van der Waals surface area (Å²) >= 11 is 0.